The molecule has 128 valence electrons. The van der Waals surface area contributed by atoms with Gasteiger partial charge in [-0.15, -0.1) is 0 Å². The predicted molar refractivity (Wildman–Crippen MR) is 96.9 cm³/mol. The number of aromatic nitrogens is 1. The van der Waals surface area contributed by atoms with E-state index in [1.54, 1.807) is 6.07 Å². The Morgan fingerprint density at radius 2 is 1.88 bits per heavy atom. The first kappa shape index (κ1) is 18.7. The lowest BCUT2D eigenvalue weighted by Gasteiger charge is -2.21. The second-order valence-electron chi connectivity index (χ2n) is 6.05. The van der Waals surface area contributed by atoms with E-state index in [2.05, 4.69) is 20.9 Å². The van der Waals surface area contributed by atoms with Crippen molar-refractivity contribution in [1.29, 1.82) is 0 Å². The Balaban J connectivity index is 2.74. The Kier molecular flexibility index (Phi) is 5.88. The molecule has 5 heteroatoms. The number of nitrogens with zero attached hydrogens (tertiary/aromatic N) is 1. The van der Waals surface area contributed by atoms with Crippen LogP contribution in [0.1, 0.15) is 38.4 Å². The van der Waals surface area contributed by atoms with Crippen LogP contribution in [0.2, 0.25) is 0 Å². The number of rotatable bonds is 5. The van der Waals surface area contributed by atoms with Gasteiger partial charge < -0.3 is 5.11 Å². The van der Waals surface area contributed by atoms with Crippen molar-refractivity contribution in [1.82, 2.24) is 4.98 Å². The molecule has 0 atom stereocenters. The zero-order chi connectivity index (χ0) is 17.9. The quantitative estimate of drug-likeness (QED) is 0.683. The van der Waals surface area contributed by atoms with E-state index in [4.69, 9.17) is 0 Å². The van der Waals surface area contributed by atoms with Crippen LogP contribution < -0.4 is 0 Å². The van der Waals surface area contributed by atoms with E-state index in [1.165, 1.54) is 38.1 Å². The van der Waals surface area contributed by atoms with E-state index < -0.39 is 17.2 Å². The second kappa shape index (κ2) is 7.53. The van der Waals surface area contributed by atoms with Gasteiger partial charge in [-0.25, -0.2) is 13.8 Å². The molecule has 1 heterocycles. The fourth-order valence-corrected chi connectivity index (χ4v) is 2.93. The number of alkyl halides is 1. The number of benzene rings is 1. The number of allylic oxidation sites excluding steroid dienone is 2. The molecular formula is C19H20BrF2NO. The summed E-state index contributed by atoms with van der Waals surface area (Å²) in [6.45, 7) is 5.06. The molecule has 0 fully saturated rings. The molecule has 0 bridgehead atoms. The minimum Gasteiger partial charge on any atom is -0.386 e. The van der Waals surface area contributed by atoms with Crippen LogP contribution in [0.15, 0.2) is 36.4 Å². The van der Waals surface area contributed by atoms with Gasteiger partial charge in [0.25, 0.3) is 0 Å². The third-order valence-electron chi connectivity index (χ3n) is 3.66. The van der Waals surface area contributed by atoms with Crippen LogP contribution in [0.25, 0.3) is 16.8 Å². The van der Waals surface area contributed by atoms with Crippen LogP contribution in [-0.4, -0.2) is 15.4 Å². The first-order chi connectivity index (χ1) is 11.3. The van der Waals surface area contributed by atoms with E-state index >= 15 is 0 Å². The minimum absolute atomic E-state index is 0.104. The molecule has 1 aromatic carbocycles. The van der Waals surface area contributed by atoms with Gasteiger partial charge in [0.2, 0.25) is 0 Å². The lowest BCUT2D eigenvalue weighted by atomic mass is 9.94. The first-order valence-electron chi connectivity index (χ1n) is 7.72. The smallest absolute Gasteiger partial charge is 0.155 e. The maximum Gasteiger partial charge on any atom is 0.155 e. The molecule has 0 spiro atoms. The van der Waals surface area contributed by atoms with Crippen LogP contribution in [0, 0.1) is 11.6 Å². The molecule has 0 amide bonds. The van der Waals surface area contributed by atoms with Crippen molar-refractivity contribution in [2.45, 2.75) is 32.8 Å². The standard InChI is InChI=1S/C19H20BrF2NO/c1-4-5-13(11-20)16-10-15(19(2,3)24)17(22)18(23-16)12-6-8-14(21)9-7-12/h5-10,24H,4,11H2,1-3H3/b13-5+. The van der Waals surface area contributed by atoms with E-state index in [-0.39, 0.29) is 11.3 Å². The van der Waals surface area contributed by atoms with Crippen LogP contribution in [0.3, 0.4) is 0 Å². The fourth-order valence-electron chi connectivity index (χ4n) is 2.41. The summed E-state index contributed by atoms with van der Waals surface area (Å²) < 4.78 is 28.1. The highest BCUT2D eigenvalue weighted by atomic mass is 79.9. The Bertz CT molecular complexity index is 749. The average molecular weight is 396 g/mol. The Labute approximate surface area is 149 Å². The van der Waals surface area contributed by atoms with Crippen molar-refractivity contribution in [3.63, 3.8) is 0 Å². The van der Waals surface area contributed by atoms with Crippen molar-refractivity contribution in [2.24, 2.45) is 0 Å². The molecule has 0 saturated heterocycles. The zero-order valence-corrected chi connectivity index (χ0v) is 15.5. The Hall–Kier alpha value is -1.59. The van der Waals surface area contributed by atoms with Crippen LogP contribution in [0.4, 0.5) is 8.78 Å². The Morgan fingerprint density at radius 1 is 1.25 bits per heavy atom. The molecule has 2 nitrogen and oxygen atoms in total. The topological polar surface area (TPSA) is 33.1 Å². The molecule has 2 rings (SSSR count). The van der Waals surface area contributed by atoms with Crippen molar-refractivity contribution in [3.05, 3.63) is 59.3 Å². The highest BCUT2D eigenvalue weighted by Crippen LogP contribution is 2.32. The molecule has 2 aromatic rings. The lowest BCUT2D eigenvalue weighted by Crippen LogP contribution is -2.19. The molecule has 0 radical (unpaired) electrons. The minimum atomic E-state index is -1.36. The summed E-state index contributed by atoms with van der Waals surface area (Å²) in [6, 6.07) is 7.07. The van der Waals surface area contributed by atoms with Crippen molar-refractivity contribution >= 4 is 21.5 Å². The summed E-state index contributed by atoms with van der Waals surface area (Å²) in [5.41, 5.74) is 0.868. The third-order valence-corrected chi connectivity index (χ3v) is 4.26. The largest absolute Gasteiger partial charge is 0.386 e. The molecule has 0 saturated carbocycles. The number of pyridine rings is 1. The second-order valence-corrected chi connectivity index (χ2v) is 6.62. The third kappa shape index (κ3) is 4.08. The number of aliphatic hydroxyl groups is 1. The lowest BCUT2D eigenvalue weighted by molar-refractivity contribution is 0.0745. The fraction of sp³-hybridized carbons (Fsp3) is 0.316. The zero-order valence-electron chi connectivity index (χ0n) is 13.9. The molecule has 0 aliphatic rings. The van der Waals surface area contributed by atoms with Gasteiger partial charge in [-0.3, -0.25) is 0 Å². The Morgan fingerprint density at radius 3 is 2.38 bits per heavy atom. The van der Waals surface area contributed by atoms with Gasteiger partial charge in [0.15, 0.2) is 5.82 Å². The van der Waals surface area contributed by atoms with Crippen LogP contribution >= 0.6 is 15.9 Å². The predicted octanol–water partition coefficient (Wildman–Crippen LogP) is 5.44. The van der Waals surface area contributed by atoms with Gasteiger partial charge in [-0.1, -0.05) is 28.9 Å². The van der Waals surface area contributed by atoms with Gasteiger partial charge in [-0.05, 0) is 56.2 Å². The van der Waals surface area contributed by atoms with E-state index in [0.717, 1.165) is 12.0 Å². The summed E-state index contributed by atoms with van der Waals surface area (Å²) in [5.74, 6) is -0.992. The van der Waals surface area contributed by atoms with Crippen molar-refractivity contribution in [3.8, 4) is 11.3 Å². The molecule has 0 unspecified atom stereocenters. The van der Waals surface area contributed by atoms with Gasteiger partial charge >= 0.3 is 0 Å². The molecule has 1 aromatic heterocycles. The van der Waals surface area contributed by atoms with Crippen LogP contribution in [0.5, 0.6) is 0 Å². The monoisotopic (exact) mass is 395 g/mol. The van der Waals surface area contributed by atoms with Gasteiger partial charge in [0.1, 0.15) is 11.5 Å². The van der Waals surface area contributed by atoms with Crippen molar-refractivity contribution in [2.75, 3.05) is 5.33 Å². The van der Waals surface area contributed by atoms with Crippen molar-refractivity contribution < 1.29 is 13.9 Å². The van der Waals surface area contributed by atoms with E-state index in [9.17, 15) is 13.9 Å². The maximum atomic E-state index is 14.9. The summed E-state index contributed by atoms with van der Waals surface area (Å²) in [7, 11) is 0. The number of halogens is 3. The summed E-state index contributed by atoms with van der Waals surface area (Å²) >= 11 is 3.42. The van der Waals surface area contributed by atoms with Gasteiger partial charge in [-0.2, -0.15) is 0 Å². The molecular weight excluding hydrogens is 376 g/mol. The van der Waals surface area contributed by atoms with E-state index in [1.807, 2.05) is 13.0 Å². The summed E-state index contributed by atoms with van der Waals surface area (Å²) in [4.78, 5) is 4.43. The summed E-state index contributed by atoms with van der Waals surface area (Å²) in [6.07, 6.45) is 2.81. The highest BCUT2D eigenvalue weighted by Gasteiger charge is 2.25. The molecule has 24 heavy (non-hydrogen) atoms. The highest BCUT2D eigenvalue weighted by molar-refractivity contribution is 9.09. The van der Waals surface area contributed by atoms with Gasteiger partial charge in [0.05, 0.1) is 11.3 Å². The van der Waals surface area contributed by atoms with Crippen LogP contribution in [-0.2, 0) is 5.60 Å². The molecule has 0 aliphatic heterocycles. The number of hydrogen-bond donors (Lipinski definition) is 1. The summed E-state index contributed by atoms with van der Waals surface area (Å²) in [5, 5.41) is 10.9. The normalized spacial score (nSPS) is 12.5. The first-order valence-corrected chi connectivity index (χ1v) is 8.84. The van der Waals surface area contributed by atoms with Gasteiger partial charge in [0, 0.05) is 16.5 Å². The molecule has 1 N–H and O–H groups in total. The number of hydrogen-bond acceptors (Lipinski definition) is 2. The van der Waals surface area contributed by atoms with E-state index in [0.29, 0.717) is 16.6 Å². The average Bonchev–Trinajstić information content (AvgIpc) is 2.53. The SMILES string of the molecule is CC/C=C(\CBr)c1cc(C(C)(C)O)c(F)c(-c2ccc(F)cc2)n1. The molecule has 0 aliphatic carbocycles. The maximum absolute atomic E-state index is 14.9.